The van der Waals surface area contributed by atoms with Gasteiger partial charge in [-0.3, -0.25) is 14.9 Å². The summed E-state index contributed by atoms with van der Waals surface area (Å²) in [6.45, 7) is 3.57. The van der Waals surface area contributed by atoms with Gasteiger partial charge >= 0.3 is 5.69 Å². The van der Waals surface area contributed by atoms with Crippen molar-refractivity contribution in [3.05, 3.63) is 28.3 Å². The number of amides is 1. The van der Waals surface area contributed by atoms with Gasteiger partial charge in [0.1, 0.15) is 5.75 Å². The first kappa shape index (κ1) is 20.0. The maximum atomic E-state index is 12.7. The van der Waals surface area contributed by atoms with Crippen molar-refractivity contribution in [1.82, 2.24) is 4.90 Å². The first-order valence-corrected chi connectivity index (χ1v) is 10.0. The van der Waals surface area contributed by atoms with Gasteiger partial charge in [0, 0.05) is 12.6 Å². The highest BCUT2D eigenvalue weighted by Gasteiger charge is 2.36. The van der Waals surface area contributed by atoms with Gasteiger partial charge in [-0.25, -0.2) is 8.42 Å². The van der Waals surface area contributed by atoms with Gasteiger partial charge in [0.25, 0.3) is 5.91 Å². The second-order valence-electron chi connectivity index (χ2n) is 6.03. The quantitative estimate of drug-likeness (QED) is 0.514. The molecular weight excluding hydrogens is 364 g/mol. The van der Waals surface area contributed by atoms with E-state index in [1.54, 1.807) is 6.92 Å². The number of methoxy groups -OCH3 is 1. The molecule has 1 aliphatic heterocycles. The Labute approximate surface area is 152 Å². The number of nitro groups is 1. The molecule has 0 bridgehead atoms. The van der Waals surface area contributed by atoms with Crippen molar-refractivity contribution < 1.29 is 27.6 Å². The molecule has 1 aliphatic rings. The topological polar surface area (TPSA) is 116 Å². The molecule has 0 aliphatic carbocycles. The third kappa shape index (κ3) is 4.43. The lowest BCUT2D eigenvalue weighted by Gasteiger charge is -2.29. The zero-order valence-corrected chi connectivity index (χ0v) is 15.7. The molecule has 0 radical (unpaired) electrons. The summed E-state index contributed by atoms with van der Waals surface area (Å²) in [6.07, 6.45) is -0.609. The van der Waals surface area contributed by atoms with Crippen LogP contribution in [0.15, 0.2) is 18.2 Å². The Morgan fingerprint density at radius 1 is 1.46 bits per heavy atom. The van der Waals surface area contributed by atoms with Gasteiger partial charge in [-0.15, -0.1) is 0 Å². The van der Waals surface area contributed by atoms with Crippen LogP contribution in [0.25, 0.3) is 0 Å². The van der Waals surface area contributed by atoms with Crippen LogP contribution in [0.1, 0.15) is 20.3 Å². The monoisotopic (exact) mass is 386 g/mol. The predicted molar refractivity (Wildman–Crippen MR) is 94.2 cm³/mol. The van der Waals surface area contributed by atoms with E-state index >= 15 is 0 Å². The summed E-state index contributed by atoms with van der Waals surface area (Å²) < 4.78 is 33.8. The van der Waals surface area contributed by atoms with E-state index in [9.17, 15) is 23.3 Å². The third-order valence-corrected chi connectivity index (χ3v) is 6.04. The van der Waals surface area contributed by atoms with E-state index in [1.165, 1.54) is 37.1 Å². The lowest BCUT2D eigenvalue weighted by Crippen LogP contribution is -2.46. The summed E-state index contributed by atoms with van der Waals surface area (Å²) in [7, 11) is -1.74. The van der Waals surface area contributed by atoms with Gasteiger partial charge in [-0.2, -0.15) is 0 Å². The number of hydrogen-bond acceptors (Lipinski definition) is 7. The van der Waals surface area contributed by atoms with E-state index in [-0.39, 0.29) is 22.9 Å². The molecule has 1 fully saturated rings. The Morgan fingerprint density at radius 3 is 2.65 bits per heavy atom. The largest absolute Gasteiger partial charge is 0.496 e. The van der Waals surface area contributed by atoms with Crippen molar-refractivity contribution in [2.45, 2.75) is 32.4 Å². The Balaban J connectivity index is 2.17. The summed E-state index contributed by atoms with van der Waals surface area (Å²) in [6, 6.07) is 3.69. The van der Waals surface area contributed by atoms with Gasteiger partial charge in [0.15, 0.2) is 21.7 Å². The van der Waals surface area contributed by atoms with Crippen LogP contribution >= 0.6 is 0 Å². The fourth-order valence-corrected chi connectivity index (χ4v) is 4.69. The maximum Gasteiger partial charge on any atom is 0.314 e. The number of nitro benzene ring substituents is 1. The number of carbonyl (C=O) groups excluding carboxylic acids is 1. The fraction of sp³-hybridized carbons (Fsp3) is 0.562. The number of likely N-dealkylation sites (N-methyl/N-ethyl adjacent to an activating group) is 1. The predicted octanol–water partition coefficient (Wildman–Crippen LogP) is 1.41. The third-order valence-electron chi connectivity index (χ3n) is 4.29. The summed E-state index contributed by atoms with van der Waals surface area (Å²) >= 11 is 0. The van der Waals surface area contributed by atoms with Crippen molar-refractivity contribution in [3.8, 4) is 11.5 Å². The normalized spacial score (nSPS) is 19.6. The van der Waals surface area contributed by atoms with Gasteiger partial charge in [-0.1, -0.05) is 0 Å². The number of benzene rings is 1. The summed E-state index contributed by atoms with van der Waals surface area (Å²) in [5.74, 6) is -0.163. The van der Waals surface area contributed by atoms with Gasteiger partial charge in [0.05, 0.1) is 29.6 Å². The average molecular weight is 386 g/mol. The van der Waals surface area contributed by atoms with Crippen LogP contribution in [0.5, 0.6) is 11.5 Å². The van der Waals surface area contributed by atoms with E-state index in [0.717, 1.165) is 0 Å². The van der Waals surface area contributed by atoms with Crippen LogP contribution in [-0.2, 0) is 14.6 Å². The van der Waals surface area contributed by atoms with Gasteiger partial charge < -0.3 is 14.4 Å². The molecule has 2 atom stereocenters. The number of rotatable bonds is 7. The van der Waals surface area contributed by atoms with E-state index < -0.39 is 32.8 Å². The Kier molecular flexibility index (Phi) is 6.06. The van der Waals surface area contributed by atoms with Crippen LogP contribution in [-0.4, -0.2) is 61.5 Å². The lowest BCUT2D eigenvalue weighted by atomic mass is 10.2. The molecule has 1 saturated heterocycles. The highest BCUT2D eigenvalue weighted by Crippen LogP contribution is 2.32. The van der Waals surface area contributed by atoms with E-state index in [4.69, 9.17) is 9.47 Å². The average Bonchev–Trinajstić information content (AvgIpc) is 2.95. The molecule has 1 aromatic carbocycles. The van der Waals surface area contributed by atoms with Crippen LogP contribution in [0.3, 0.4) is 0 Å². The van der Waals surface area contributed by atoms with Gasteiger partial charge in [0.2, 0.25) is 0 Å². The number of hydrogen-bond donors (Lipinski definition) is 0. The highest BCUT2D eigenvalue weighted by molar-refractivity contribution is 7.91. The molecule has 26 heavy (non-hydrogen) atoms. The SMILES string of the molecule is CCN(C(=O)[C@@H](C)Oc1ccc(OC)cc1[N+](=O)[O-])[C@@H]1CCS(=O)(=O)C1. The van der Waals surface area contributed by atoms with Crippen LogP contribution in [0.2, 0.25) is 0 Å². The maximum absolute atomic E-state index is 12.7. The minimum Gasteiger partial charge on any atom is -0.496 e. The molecule has 9 nitrogen and oxygen atoms in total. The minimum absolute atomic E-state index is 0.0493. The van der Waals surface area contributed by atoms with Crippen LogP contribution in [0.4, 0.5) is 5.69 Å². The zero-order valence-electron chi connectivity index (χ0n) is 14.9. The molecule has 0 unspecified atom stereocenters. The number of carbonyl (C=O) groups is 1. The van der Waals surface area contributed by atoms with Crippen molar-refractivity contribution in [1.29, 1.82) is 0 Å². The highest BCUT2D eigenvalue weighted by atomic mass is 32.2. The molecule has 2 rings (SSSR count). The fourth-order valence-electron chi connectivity index (χ4n) is 2.96. The van der Waals surface area contributed by atoms with E-state index in [0.29, 0.717) is 18.7 Å². The van der Waals surface area contributed by atoms with Crippen LogP contribution < -0.4 is 9.47 Å². The molecule has 0 aromatic heterocycles. The molecule has 1 heterocycles. The first-order chi connectivity index (χ1) is 12.2. The Hall–Kier alpha value is -2.36. The Morgan fingerprint density at radius 2 is 2.15 bits per heavy atom. The molecular formula is C16H22N2O7S. The number of ether oxygens (including phenoxy) is 2. The zero-order chi connectivity index (χ0) is 19.5. The molecule has 0 saturated carbocycles. The van der Waals surface area contributed by atoms with Gasteiger partial charge in [-0.05, 0) is 32.4 Å². The van der Waals surface area contributed by atoms with Crippen molar-refractivity contribution in [3.63, 3.8) is 0 Å². The standard InChI is InChI=1S/C16H22N2O7S/c1-4-17(12-7-8-26(22,23)10-12)16(19)11(2)25-15-6-5-13(24-3)9-14(15)18(20)21/h5-6,9,11-12H,4,7-8,10H2,1-3H3/t11-,12-/m1/s1. The van der Waals surface area contributed by atoms with Crippen molar-refractivity contribution in [2.75, 3.05) is 25.2 Å². The Bertz CT molecular complexity index is 794. The summed E-state index contributed by atoms with van der Waals surface area (Å²) in [5.41, 5.74) is -0.310. The molecule has 0 N–H and O–H groups in total. The molecule has 10 heteroatoms. The van der Waals surface area contributed by atoms with Crippen molar-refractivity contribution >= 4 is 21.4 Å². The van der Waals surface area contributed by atoms with E-state index in [2.05, 4.69) is 0 Å². The minimum atomic E-state index is -3.13. The summed E-state index contributed by atoms with van der Waals surface area (Å²) in [5, 5.41) is 11.2. The molecule has 1 amide bonds. The number of nitrogens with zero attached hydrogens (tertiary/aromatic N) is 2. The van der Waals surface area contributed by atoms with Crippen molar-refractivity contribution in [2.24, 2.45) is 0 Å². The lowest BCUT2D eigenvalue weighted by molar-refractivity contribution is -0.386. The van der Waals surface area contributed by atoms with E-state index in [1.807, 2.05) is 0 Å². The van der Waals surface area contributed by atoms with Crippen LogP contribution in [0, 0.1) is 10.1 Å². The number of sulfone groups is 1. The molecule has 144 valence electrons. The molecule has 0 spiro atoms. The second kappa shape index (κ2) is 7.90. The first-order valence-electron chi connectivity index (χ1n) is 8.18. The molecule has 1 aromatic rings. The smallest absolute Gasteiger partial charge is 0.314 e. The summed E-state index contributed by atoms with van der Waals surface area (Å²) in [4.78, 5) is 24.8. The second-order valence-corrected chi connectivity index (χ2v) is 8.26.